The van der Waals surface area contributed by atoms with Crippen molar-refractivity contribution in [2.24, 2.45) is 4.99 Å². The van der Waals surface area contributed by atoms with Crippen LogP contribution in [-0.4, -0.2) is 60.8 Å². The van der Waals surface area contributed by atoms with Crippen molar-refractivity contribution >= 4 is 40.9 Å². The summed E-state index contributed by atoms with van der Waals surface area (Å²) >= 11 is 8.14. The molecule has 0 spiro atoms. The first-order valence-electron chi connectivity index (χ1n) is 11.0. The fourth-order valence-electron chi connectivity index (χ4n) is 3.92. The van der Waals surface area contributed by atoms with Crippen LogP contribution in [0.5, 0.6) is 0 Å². The Bertz CT molecular complexity index is 987. The first-order chi connectivity index (χ1) is 15.8. The van der Waals surface area contributed by atoms with Gasteiger partial charge in [-0.15, -0.1) is 11.8 Å². The van der Waals surface area contributed by atoms with Gasteiger partial charge < -0.3 is 14.7 Å². The molecular weight excluding hydrogens is 456 g/mol. The average molecular weight is 487 g/mol. The fourth-order valence-corrected chi connectivity index (χ4v) is 4.92. The number of carbonyl (C=O) groups excluding carboxylic acids is 1. The molecular formula is C26H31ClN2O3S. The summed E-state index contributed by atoms with van der Waals surface area (Å²) in [6.45, 7) is 13.8. The summed E-state index contributed by atoms with van der Waals surface area (Å²) in [6.07, 6.45) is 8.56. The first-order valence-corrected chi connectivity index (χ1v) is 12.6. The zero-order valence-electron chi connectivity index (χ0n) is 19.1. The second-order valence-electron chi connectivity index (χ2n) is 8.21. The van der Waals surface area contributed by atoms with Crippen molar-refractivity contribution in [3.05, 3.63) is 76.5 Å². The third-order valence-corrected chi connectivity index (χ3v) is 7.03. The van der Waals surface area contributed by atoms with E-state index in [0.717, 1.165) is 46.8 Å². The highest BCUT2D eigenvalue weighted by Gasteiger charge is 2.23. The number of aliphatic imine (C=N–C) groups is 1. The second-order valence-corrected chi connectivity index (χ2v) is 9.47. The van der Waals surface area contributed by atoms with Crippen LogP contribution in [0.15, 0.2) is 65.3 Å². The number of carbonyl (C=O) groups is 1. The molecule has 0 aliphatic carbocycles. The number of thioether (sulfide) groups is 1. The highest BCUT2D eigenvalue weighted by atomic mass is 35.5. The molecule has 0 saturated carbocycles. The van der Waals surface area contributed by atoms with Crippen LogP contribution in [0.2, 0.25) is 5.02 Å². The molecule has 1 atom stereocenters. The topological polar surface area (TPSA) is 62.1 Å². The van der Waals surface area contributed by atoms with Crippen LogP contribution in [0, 0.1) is 0 Å². The van der Waals surface area contributed by atoms with Gasteiger partial charge >= 0.3 is 0 Å². The molecule has 1 aromatic rings. The van der Waals surface area contributed by atoms with Gasteiger partial charge in [0.1, 0.15) is 0 Å². The molecule has 2 saturated heterocycles. The van der Waals surface area contributed by atoms with Gasteiger partial charge in [0.25, 0.3) is 5.91 Å². The van der Waals surface area contributed by atoms with Gasteiger partial charge in [0, 0.05) is 40.8 Å². The van der Waals surface area contributed by atoms with E-state index in [4.69, 9.17) is 16.3 Å². The number of aliphatic hydroxyl groups excluding tert-OH is 1. The van der Waals surface area contributed by atoms with Crippen LogP contribution in [0.1, 0.15) is 41.6 Å². The molecule has 1 amide bonds. The number of allylic oxidation sites excluding steroid dienone is 4. The van der Waals surface area contributed by atoms with Crippen LogP contribution < -0.4 is 0 Å². The minimum Gasteiger partial charge on any atom is -0.393 e. The molecule has 5 nitrogen and oxygen atoms in total. The van der Waals surface area contributed by atoms with Gasteiger partial charge in [0.05, 0.1) is 17.9 Å². The molecule has 1 N–H and O–H groups in total. The predicted octanol–water partition coefficient (Wildman–Crippen LogP) is 5.52. The Balaban J connectivity index is 1.76. The zero-order valence-corrected chi connectivity index (χ0v) is 20.6. The van der Waals surface area contributed by atoms with Gasteiger partial charge in [-0.3, -0.25) is 9.79 Å². The third-order valence-electron chi connectivity index (χ3n) is 5.94. The molecule has 0 radical (unpaired) electrons. The summed E-state index contributed by atoms with van der Waals surface area (Å²) in [5, 5.41) is 10.2. The molecule has 1 unspecified atom stereocenters. The smallest absolute Gasteiger partial charge is 0.253 e. The lowest BCUT2D eigenvalue weighted by Gasteiger charge is -2.29. The van der Waals surface area contributed by atoms with Gasteiger partial charge in [0.15, 0.2) is 0 Å². The molecule has 7 heteroatoms. The lowest BCUT2D eigenvalue weighted by molar-refractivity contribution is 0.0546. The standard InChI is InChI=1S/C26H31ClN2O3S/c1-17(14-23(28-3)24-6-5-13-32-24)18(2)15-25(33-4)21-8-7-19(16-22(21)27)26(31)29-11-9-20(30)10-12-29/h7-8,14-16,20,24,30H,1-3,5-6,9-13H2,4H3/b23-14-,25-15-. The predicted molar refractivity (Wildman–Crippen MR) is 139 cm³/mol. The van der Waals surface area contributed by atoms with Crippen molar-refractivity contribution in [1.29, 1.82) is 0 Å². The van der Waals surface area contributed by atoms with Gasteiger partial charge in [-0.2, -0.15) is 0 Å². The van der Waals surface area contributed by atoms with Gasteiger partial charge in [0.2, 0.25) is 0 Å². The van der Waals surface area contributed by atoms with Crippen molar-refractivity contribution in [2.45, 2.75) is 37.9 Å². The Morgan fingerprint density at radius 2 is 1.94 bits per heavy atom. The largest absolute Gasteiger partial charge is 0.393 e. The van der Waals surface area contributed by atoms with Crippen LogP contribution in [0.3, 0.4) is 0 Å². The Hall–Kier alpha value is -2.12. The van der Waals surface area contributed by atoms with E-state index in [1.54, 1.807) is 28.8 Å². The molecule has 2 fully saturated rings. The Morgan fingerprint density at radius 3 is 2.52 bits per heavy atom. The normalized spacial score (nSPS) is 20.1. The van der Waals surface area contributed by atoms with E-state index < -0.39 is 0 Å². The molecule has 0 aromatic heterocycles. The molecule has 2 aliphatic rings. The van der Waals surface area contributed by atoms with Crippen molar-refractivity contribution in [2.75, 3.05) is 26.0 Å². The number of benzene rings is 1. The summed E-state index contributed by atoms with van der Waals surface area (Å²) in [7, 11) is 0. The van der Waals surface area contributed by atoms with Crippen LogP contribution in [0.25, 0.3) is 4.91 Å². The van der Waals surface area contributed by atoms with Gasteiger partial charge in [-0.25, -0.2) is 0 Å². The maximum atomic E-state index is 12.8. The summed E-state index contributed by atoms with van der Waals surface area (Å²) in [4.78, 5) is 19.6. The maximum absolute atomic E-state index is 12.8. The fraction of sp³-hybridized carbons (Fsp3) is 0.385. The number of likely N-dealkylation sites (tertiary alicyclic amines) is 1. The minimum absolute atomic E-state index is 0.0428. The molecule has 2 aliphatic heterocycles. The summed E-state index contributed by atoms with van der Waals surface area (Å²) in [6, 6.07) is 5.38. The van der Waals surface area contributed by atoms with Crippen LogP contribution in [0.4, 0.5) is 0 Å². The van der Waals surface area contributed by atoms with E-state index in [2.05, 4.69) is 24.9 Å². The molecule has 0 bridgehead atoms. The van der Waals surface area contributed by atoms with E-state index in [0.29, 0.717) is 36.5 Å². The minimum atomic E-state index is -0.323. The lowest BCUT2D eigenvalue weighted by atomic mass is 10.0. The molecule has 176 valence electrons. The second kappa shape index (κ2) is 11.8. The summed E-state index contributed by atoms with van der Waals surface area (Å²) in [5.74, 6) is -0.0634. The van der Waals surface area contributed by atoms with E-state index in [1.165, 1.54) is 0 Å². The summed E-state index contributed by atoms with van der Waals surface area (Å²) < 4.78 is 5.70. The third kappa shape index (κ3) is 6.48. The van der Waals surface area contributed by atoms with E-state index >= 15 is 0 Å². The van der Waals surface area contributed by atoms with Crippen molar-refractivity contribution in [3.8, 4) is 0 Å². The monoisotopic (exact) mass is 486 g/mol. The van der Waals surface area contributed by atoms with Crippen molar-refractivity contribution < 1.29 is 14.6 Å². The molecule has 3 rings (SSSR count). The Morgan fingerprint density at radius 1 is 1.24 bits per heavy atom. The quantitative estimate of drug-likeness (QED) is 0.388. The van der Waals surface area contributed by atoms with Crippen LogP contribution in [-0.2, 0) is 4.74 Å². The lowest BCUT2D eigenvalue weighted by Crippen LogP contribution is -2.40. The number of hydrogen-bond donors (Lipinski definition) is 1. The Kier molecular flexibility index (Phi) is 9.15. The number of rotatable bonds is 8. The molecule has 2 heterocycles. The van der Waals surface area contributed by atoms with E-state index in [9.17, 15) is 9.90 Å². The van der Waals surface area contributed by atoms with Gasteiger partial charge in [-0.1, -0.05) is 30.8 Å². The average Bonchev–Trinajstić information content (AvgIpc) is 3.35. The number of ether oxygens (including phenoxy) is 1. The number of hydrogen-bond acceptors (Lipinski definition) is 5. The summed E-state index contributed by atoms with van der Waals surface area (Å²) in [5.41, 5.74) is 3.61. The number of halogens is 1. The highest BCUT2D eigenvalue weighted by Crippen LogP contribution is 2.34. The van der Waals surface area contributed by atoms with Gasteiger partial charge in [-0.05, 0) is 74.1 Å². The number of nitrogens with zero attached hydrogens (tertiary/aromatic N) is 2. The molecule has 33 heavy (non-hydrogen) atoms. The first kappa shape index (κ1) is 25.5. The van der Waals surface area contributed by atoms with Crippen LogP contribution >= 0.6 is 23.4 Å². The van der Waals surface area contributed by atoms with Crippen molar-refractivity contribution in [3.63, 3.8) is 0 Å². The number of amides is 1. The highest BCUT2D eigenvalue weighted by molar-refractivity contribution is 8.07. The van der Waals surface area contributed by atoms with E-state index in [-0.39, 0.29) is 18.1 Å². The number of aliphatic hydroxyl groups is 1. The molecule has 1 aromatic carbocycles. The SMILES string of the molecule is C=N/C(=C\C(=C)C(=C)/C=C(\SC)c1ccc(C(=O)N2CCC(O)CC2)cc1Cl)C1CCCO1. The number of piperidine rings is 1. The van der Waals surface area contributed by atoms with Crippen molar-refractivity contribution in [1.82, 2.24) is 4.90 Å². The maximum Gasteiger partial charge on any atom is 0.253 e. The Labute approximate surface area is 205 Å². The zero-order chi connectivity index (χ0) is 24.0. The van der Waals surface area contributed by atoms with E-state index in [1.807, 2.05) is 24.5 Å².